The van der Waals surface area contributed by atoms with Crippen molar-refractivity contribution in [2.24, 2.45) is 0 Å². The molecule has 0 aromatic heterocycles. The van der Waals surface area contributed by atoms with Gasteiger partial charge in [-0.05, 0) is 59.2 Å². The molecular formula is C25H21F3O. The summed E-state index contributed by atoms with van der Waals surface area (Å²) in [5.74, 6) is -2.92. The molecule has 4 rings (SSSR count). The van der Waals surface area contributed by atoms with E-state index in [1.165, 1.54) is 30.9 Å². The Labute approximate surface area is 168 Å². The third kappa shape index (κ3) is 3.44. The van der Waals surface area contributed by atoms with Crippen LogP contribution in [-0.2, 0) is 12.8 Å². The largest absolute Gasteiger partial charge is 0.494 e. The number of halogens is 3. The number of benzene rings is 3. The fourth-order valence-electron chi connectivity index (χ4n) is 3.83. The number of aryl methyl sites for hydroxylation is 1. The molecule has 0 heterocycles. The summed E-state index contributed by atoms with van der Waals surface area (Å²) in [5.41, 5.74) is 4.82. The molecule has 0 N–H and O–H groups in total. The first-order valence-electron chi connectivity index (χ1n) is 9.67. The zero-order valence-corrected chi connectivity index (χ0v) is 16.4. The number of rotatable bonds is 4. The zero-order valence-electron chi connectivity index (χ0n) is 16.4. The van der Waals surface area contributed by atoms with Crippen molar-refractivity contribution in [2.45, 2.75) is 26.2 Å². The van der Waals surface area contributed by atoms with Gasteiger partial charge in [0.2, 0.25) is 5.82 Å². The predicted octanol–water partition coefficient (Wildman–Crippen LogP) is 6.83. The maximum absolute atomic E-state index is 15.2. The van der Waals surface area contributed by atoms with Gasteiger partial charge in [-0.25, -0.2) is 8.78 Å². The summed E-state index contributed by atoms with van der Waals surface area (Å²) >= 11 is 0. The Morgan fingerprint density at radius 3 is 2.17 bits per heavy atom. The molecule has 29 heavy (non-hydrogen) atoms. The molecule has 148 valence electrons. The maximum atomic E-state index is 15.2. The molecule has 0 fully saturated rings. The summed E-state index contributed by atoms with van der Waals surface area (Å²) in [5, 5.41) is 0. The van der Waals surface area contributed by atoms with Crippen molar-refractivity contribution in [2.75, 3.05) is 7.11 Å². The molecule has 0 aliphatic heterocycles. The second-order valence-electron chi connectivity index (χ2n) is 7.16. The average molecular weight is 394 g/mol. The van der Waals surface area contributed by atoms with E-state index in [1.54, 1.807) is 6.07 Å². The quantitative estimate of drug-likeness (QED) is 0.471. The van der Waals surface area contributed by atoms with Gasteiger partial charge in [0.05, 0.1) is 7.11 Å². The van der Waals surface area contributed by atoms with Gasteiger partial charge in [0.1, 0.15) is 5.82 Å². The van der Waals surface area contributed by atoms with Crippen LogP contribution in [0.15, 0.2) is 48.5 Å². The van der Waals surface area contributed by atoms with Crippen molar-refractivity contribution in [3.05, 3.63) is 88.2 Å². The number of ether oxygens (including phenoxy) is 1. The summed E-state index contributed by atoms with van der Waals surface area (Å²) < 4.78 is 48.5. The van der Waals surface area contributed by atoms with E-state index < -0.39 is 17.5 Å². The number of hydrogen-bond acceptors (Lipinski definition) is 1. The molecule has 0 saturated heterocycles. The van der Waals surface area contributed by atoms with Crippen LogP contribution in [0.5, 0.6) is 5.75 Å². The molecule has 0 radical (unpaired) electrons. The van der Waals surface area contributed by atoms with E-state index >= 15 is 4.39 Å². The Hall–Kier alpha value is -3.01. The van der Waals surface area contributed by atoms with Crippen LogP contribution in [0.1, 0.15) is 35.6 Å². The highest BCUT2D eigenvalue weighted by molar-refractivity contribution is 5.85. The molecule has 0 spiro atoms. The van der Waals surface area contributed by atoms with Gasteiger partial charge in [-0.15, -0.1) is 0 Å². The first kappa shape index (κ1) is 19.3. The normalized spacial score (nSPS) is 13.1. The Bertz CT molecular complexity index is 1100. The van der Waals surface area contributed by atoms with E-state index in [1.807, 2.05) is 6.08 Å². The predicted molar refractivity (Wildman–Crippen MR) is 110 cm³/mol. The third-order valence-electron chi connectivity index (χ3n) is 5.54. The summed E-state index contributed by atoms with van der Waals surface area (Å²) in [4.78, 5) is 0. The smallest absolute Gasteiger partial charge is 0.201 e. The number of methoxy groups -OCH3 is 1. The third-order valence-corrected chi connectivity index (χ3v) is 5.54. The van der Waals surface area contributed by atoms with E-state index in [9.17, 15) is 8.78 Å². The van der Waals surface area contributed by atoms with Crippen LogP contribution < -0.4 is 4.74 Å². The second-order valence-corrected chi connectivity index (χ2v) is 7.16. The minimum absolute atomic E-state index is 0.0620. The number of hydrogen-bond donors (Lipinski definition) is 0. The molecule has 1 aliphatic carbocycles. The Balaban J connectivity index is 1.74. The molecule has 0 saturated carbocycles. The van der Waals surface area contributed by atoms with Crippen molar-refractivity contribution >= 4 is 11.6 Å². The lowest BCUT2D eigenvalue weighted by atomic mass is 9.86. The van der Waals surface area contributed by atoms with Crippen LogP contribution in [0, 0.1) is 17.5 Å². The first-order valence-corrected chi connectivity index (χ1v) is 9.67. The van der Waals surface area contributed by atoms with Gasteiger partial charge >= 0.3 is 0 Å². The van der Waals surface area contributed by atoms with E-state index in [0.717, 1.165) is 23.1 Å². The van der Waals surface area contributed by atoms with Crippen molar-refractivity contribution in [1.29, 1.82) is 0 Å². The van der Waals surface area contributed by atoms with Crippen molar-refractivity contribution in [3.8, 4) is 16.9 Å². The molecule has 3 aromatic rings. The van der Waals surface area contributed by atoms with Crippen molar-refractivity contribution in [1.82, 2.24) is 0 Å². The van der Waals surface area contributed by atoms with Crippen LogP contribution in [0.25, 0.3) is 22.8 Å². The molecular weight excluding hydrogens is 373 g/mol. The molecule has 0 atom stereocenters. The lowest BCUT2D eigenvalue weighted by Crippen LogP contribution is -2.05. The summed E-state index contributed by atoms with van der Waals surface area (Å²) in [6.07, 6.45) is 4.17. The maximum Gasteiger partial charge on any atom is 0.201 e. The number of allylic oxidation sites excluding steroid dienone is 1. The first-order chi connectivity index (χ1) is 14.0. The molecule has 1 aliphatic rings. The van der Waals surface area contributed by atoms with Gasteiger partial charge in [0, 0.05) is 11.1 Å². The Morgan fingerprint density at radius 1 is 0.793 bits per heavy atom. The standard InChI is InChI=1S/C25H21F3O/c1-3-15-4-6-16(7-5-15)17-8-10-19-18(14-17)9-11-20(23(19)26)21-12-13-22(29-2)25(28)24(21)27/h4-7,9,11-14H,3,8,10H2,1-2H3. The SMILES string of the molecule is CCc1ccc(C2=Cc3ccc(-c4ccc(OC)c(F)c4F)c(F)c3CC2)cc1. The van der Waals surface area contributed by atoms with Crippen LogP contribution in [0.2, 0.25) is 0 Å². The minimum atomic E-state index is -1.11. The minimum Gasteiger partial charge on any atom is -0.494 e. The van der Waals surface area contributed by atoms with E-state index in [-0.39, 0.29) is 16.9 Å². The van der Waals surface area contributed by atoms with Crippen LogP contribution in [0.3, 0.4) is 0 Å². The topological polar surface area (TPSA) is 9.23 Å². The lowest BCUT2D eigenvalue weighted by Gasteiger charge is -2.20. The van der Waals surface area contributed by atoms with Crippen LogP contribution in [0.4, 0.5) is 13.2 Å². The van der Waals surface area contributed by atoms with E-state index in [2.05, 4.69) is 31.2 Å². The van der Waals surface area contributed by atoms with Crippen molar-refractivity contribution in [3.63, 3.8) is 0 Å². The van der Waals surface area contributed by atoms with Gasteiger partial charge in [0.25, 0.3) is 0 Å². The highest BCUT2D eigenvalue weighted by atomic mass is 19.2. The molecule has 0 amide bonds. The van der Waals surface area contributed by atoms with Gasteiger partial charge in [-0.2, -0.15) is 4.39 Å². The zero-order chi connectivity index (χ0) is 20.5. The summed E-state index contributed by atoms with van der Waals surface area (Å²) in [6.45, 7) is 2.11. The summed E-state index contributed by atoms with van der Waals surface area (Å²) in [7, 11) is 1.26. The average Bonchev–Trinajstić information content (AvgIpc) is 2.76. The molecule has 1 nitrogen and oxygen atoms in total. The molecule has 4 heteroatoms. The fraction of sp³-hybridized carbons (Fsp3) is 0.200. The van der Waals surface area contributed by atoms with Crippen LogP contribution >= 0.6 is 0 Å². The highest BCUT2D eigenvalue weighted by Crippen LogP contribution is 2.37. The van der Waals surface area contributed by atoms with E-state index in [0.29, 0.717) is 18.4 Å². The Morgan fingerprint density at radius 2 is 1.48 bits per heavy atom. The van der Waals surface area contributed by atoms with Gasteiger partial charge < -0.3 is 4.74 Å². The van der Waals surface area contributed by atoms with Crippen molar-refractivity contribution < 1.29 is 17.9 Å². The van der Waals surface area contributed by atoms with Gasteiger partial charge in [-0.3, -0.25) is 0 Å². The van der Waals surface area contributed by atoms with Gasteiger partial charge in [-0.1, -0.05) is 49.4 Å². The van der Waals surface area contributed by atoms with Crippen LogP contribution in [-0.4, -0.2) is 7.11 Å². The van der Waals surface area contributed by atoms with Gasteiger partial charge in [0.15, 0.2) is 11.6 Å². The number of fused-ring (bicyclic) bond motifs is 1. The molecule has 0 unspecified atom stereocenters. The molecule has 3 aromatic carbocycles. The Kier molecular flexibility index (Phi) is 5.18. The highest BCUT2D eigenvalue weighted by Gasteiger charge is 2.22. The summed E-state index contributed by atoms with van der Waals surface area (Å²) in [6, 6.07) is 14.3. The monoisotopic (exact) mass is 394 g/mol. The fourth-order valence-corrected chi connectivity index (χ4v) is 3.83. The lowest BCUT2D eigenvalue weighted by molar-refractivity contribution is 0.372. The molecule has 0 bridgehead atoms. The second kappa shape index (κ2) is 7.78. The van der Waals surface area contributed by atoms with E-state index in [4.69, 9.17) is 4.74 Å².